The van der Waals surface area contributed by atoms with Crippen LogP contribution in [-0.4, -0.2) is 38.4 Å². The molecule has 0 spiro atoms. The molecule has 2 saturated carbocycles. The molecular formula is C22H33F3IN3O2. The number of halogens is 4. The van der Waals surface area contributed by atoms with Gasteiger partial charge in [-0.15, -0.1) is 24.0 Å². The molecule has 176 valence electrons. The van der Waals surface area contributed by atoms with Gasteiger partial charge in [-0.25, -0.2) is 0 Å². The summed E-state index contributed by atoms with van der Waals surface area (Å²) in [5.74, 6) is 0.854. The zero-order valence-electron chi connectivity index (χ0n) is 18.1. The smallest absolute Gasteiger partial charge is 0.391 e. The highest BCUT2D eigenvalue weighted by Crippen LogP contribution is 2.37. The van der Waals surface area contributed by atoms with Crippen molar-refractivity contribution >= 4 is 29.9 Å². The van der Waals surface area contributed by atoms with E-state index in [0.29, 0.717) is 31.1 Å². The molecule has 0 unspecified atom stereocenters. The molecule has 0 saturated heterocycles. The third kappa shape index (κ3) is 7.32. The summed E-state index contributed by atoms with van der Waals surface area (Å²) in [4.78, 5) is 4.24. The molecule has 0 aromatic heterocycles. The Kier molecular flexibility index (Phi) is 10.0. The van der Waals surface area contributed by atoms with E-state index in [2.05, 4.69) is 15.6 Å². The zero-order chi connectivity index (χ0) is 21.6. The maximum atomic E-state index is 12.9. The first-order chi connectivity index (χ1) is 14.4. The SMILES string of the molecule is CN=C(NCc1cccc(OC)c1OC1CCCC1)NC1CCC(C(F)(F)F)CC1.I. The van der Waals surface area contributed by atoms with E-state index in [0.717, 1.165) is 24.2 Å². The summed E-state index contributed by atoms with van der Waals surface area (Å²) in [6, 6.07) is 5.79. The normalized spacial score (nSPS) is 22.5. The topological polar surface area (TPSA) is 54.9 Å². The van der Waals surface area contributed by atoms with Crippen LogP contribution in [0.15, 0.2) is 23.2 Å². The number of aliphatic imine (C=N–C) groups is 1. The number of para-hydroxylation sites is 1. The third-order valence-corrected chi connectivity index (χ3v) is 6.07. The number of nitrogens with zero attached hydrogens (tertiary/aromatic N) is 1. The molecular weight excluding hydrogens is 522 g/mol. The second kappa shape index (κ2) is 12.0. The Balaban J connectivity index is 0.00000341. The maximum Gasteiger partial charge on any atom is 0.391 e. The summed E-state index contributed by atoms with van der Waals surface area (Å²) in [6.45, 7) is 0.483. The molecule has 3 rings (SSSR count). The van der Waals surface area contributed by atoms with Gasteiger partial charge in [-0.1, -0.05) is 12.1 Å². The van der Waals surface area contributed by atoms with Gasteiger partial charge in [0, 0.05) is 25.2 Å². The Hall–Kier alpha value is -1.39. The van der Waals surface area contributed by atoms with Gasteiger partial charge in [0.2, 0.25) is 0 Å². The van der Waals surface area contributed by atoms with Crippen LogP contribution in [0.3, 0.4) is 0 Å². The second-order valence-electron chi connectivity index (χ2n) is 8.13. The zero-order valence-corrected chi connectivity index (χ0v) is 20.5. The van der Waals surface area contributed by atoms with Crippen LogP contribution < -0.4 is 20.1 Å². The monoisotopic (exact) mass is 555 g/mol. The van der Waals surface area contributed by atoms with Crippen molar-refractivity contribution in [1.82, 2.24) is 10.6 Å². The molecule has 0 amide bonds. The Morgan fingerprint density at radius 3 is 2.35 bits per heavy atom. The van der Waals surface area contributed by atoms with Crippen molar-refractivity contribution in [2.24, 2.45) is 10.9 Å². The van der Waals surface area contributed by atoms with Crippen molar-refractivity contribution in [2.45, 2.75) is 76.2 Å². The maximum absolute atomic E-state index is 12.9. The lowest BCUT2D eigenvalue weighted by Crippen LogP contribution is -2.45. The van der Waals surface area contributed by atoms with Crippen LogP contribution in [0.4, 0.5) is 13.2 Å². The standard InChI is InChI=1S/C22H32F3N3O2.HI/c1-26-21(28-17-12-10-16(11-13-17)22(23,24)25)27-14-15-6-5-9-19(29-2)20(15)30-18-7-3-4-8-18;/h5-6,9,16-18H,3-4,7-8,10-14H2,1-2H3,(H2,26,27,28);1H. The minimum atomic E-state index is -4.09. The second-order valence-corrected chi connectivity index (χ2v) is 8.13. The van der Waals surface area contributed by atoms with Crippen molar-refractivity contribution in [3.8, 4) is 11.5 Å². The molecule has 1 aromatic rings. The first-order valence-corrected chi connectivity index (χ1v) is 10.8. The molecule has 1 aromatic carbocycles. The van der Waals surface area contributed by atoms with Crippen LogP contribution in [0.1, 0.15) is 56.9 Å². The number of methoxy groups -OCH3 is 1. The summed E-state index contributed by atoms with van der Waals surface area (Å²) in [5, 5.41) is 6.54. The lowest BCUT2D eigenvalue weighted by Gasteiger charge is -2.31. The van der Waals surface area contributed by atoms with E-state index < -0.39 is 12.1 Å². The van der Waals surface area contributed by atoms with E-state index in [1.165, 1.54) is 12.8 Å². The van der Waals surface area contributed by atoms with Crippen LogP contribution in [0.5, 0.6) is 11.5 Å². The number of hydrogen-bond acceptors (Lipinski definition) is 3. The minimum Gasteiger partial charge on any atom is -0.493 e. The number of guanidine groups is 1. The van der Waals surface area contributed by atoms with E-state index in [-0.39, 0.29) is 49.0 Å². The molecule has 0 atom stereocenters. The number of alkyl halides is 3. The van der Waals surface area contributed by atoms with E-state index in [4.69, 9.17) is 9.47 Å². The van der Waals surface area contributed by atoms with Gasteiger partial charge in [0.05, 0.1) is 19.1 Å². The Morgan fingerprint density at radius 2 is 1.77 bits per heavy atom. The highest BCUT2D eigenvalue weighted by molar-refractivity contribution is 14.0. The van der Waals surface area contributed by atoms with Crippen molar-refractivity contribution in [3.63, 3.8) is 0 Å². The summed E-state index contributed by atoms with van der Waals surface area (Å²) in [5.41, 5.74) is 0.963. The van der Waals surface area contributed by atoms with E-state index >= 15 is 0 Å². The van der Waals surface area contributed by atoms with Crippen LogP contribution in [0.25, 0.3) is 0 Å². The van der Waals surface area contributed by atoms with Crippen LogP contribution in [0.2, 0.25) is 0 Å². The molecule has 0 aliphatic heterocycles. The number of benzene rings is 1. The molecule has 0 radical (unpaired) electrons. The fraction of sp³-hybridized carbons (Fsp3) is 0.682. The van der Waals surface area contributed by atoms with Gasteiger partial charge in [-0.05, 0) is 57.4 Å². The Bertz CT molecular complexity index is 716. The lowest BCUT2D eigenvalue weighted by molar-refractivity contribution is -0.182. The number of hydrogen-bond donors (Lipinski definition) is 2. The predicted molar refractivity (Wildman–Crippen MR) is 126 cm³/mol. The molecule has 0 heterocycles. The third-order valence-electron chi connectivity index (χ3n) is 6.07. The van der Waals surface area contributed by atoms with Gasteiger partial charge in [0.25, 0.3) is 0 Å². The number of nitrogens with one attached hydrogen (secondary N) is 2. The molecule has 5 nitrogen and oxygen atoms in total. The average molecular weight is 555 g/mol. The van der Waals surface area contributed by atoms with Gasteiger partial charge >= 0.3 is 6.18 Å². The van der Waals surface area contributed by atoms with Gasteiger partial charge in [0.15, 0.2) is 17.5 Å². The molecule has 2 fully saturated rings. The van der Waals surface area contributed by atoms with Crippen LogP contribution >= 0.6 is 24.0 Å². The van der Waals surface area contributed by atoms with Crippen molar-refractivity contribution in [1.29, 1.82) is 0 Å². The average Bonchev–Trinajstić information content (AvgIpc) is 3.24. The number of rotatable bonds is 6. The fourth-order valence-electron chi connectivity index (χ4n) is 4.30. The summed E-state index contributed by atoms with van der Waals surface area (Å²) in [6.07, 6.45) is 1.87. The van der Waals surface area contributed by atoms with Crippen molar-refractivity contribution in [3.05, 3.63) is 23.8 Å². The van der Waals surface area contributed by atoms with Gasteiger partial charge in [-0.2, -0.15) is 13.2 Å². The molecule has 31 heavy (non-hydrogen) atoms. The van der Waals surface area contributed by atoms with Crippen molar-refractivity contribution in [2.75, 3.05) is 14.2 Å². The minimum absolute atomic E-state index is 0. The van der Waals surface area contributed by atoms with Gasteiger partial charge in [-0.3, -0.25) is 4.99 Å². The molecule has 2 N–H and O–H groups in total. The van der Waals surface area contributed by atoms with Gasteiger partial charge < -0.3 is 20.1 Å². The Morgan fingerprint density at radius 1 is 1.10 bits per heavy atom. The summed E-state index contributed by atoms with van der Waals surface area (Å²) in [7, 11) is 3.30. The van der Waals surface area contributed by atoms with E-state index in [9.17, 15) is 13.2 Å². The Labute approximate surface area is 199 Å². The first kappa shape index (κ1) is 25.9. The number of ether oxygens (including phenoxy) is 2. The molecule has 2 aliphatic carbocycles. The quantitative estimate of drug-likeness (QED) is 0.280. The van der Waals surface area contributed by atoms with Crippen LogP contribution in [-0.2, 0) is 6.54 Å². The molecule has 0 bridgehead atoms. The predicted octanol–water partition coefficient (Wildman–Crippen LogP) is 5.42. The first-order valence-electron chi connectivity index (χ1n) is 10.8. The highest BCUT2D eigenvalue weighted by atomic mass is 127. The van der Waals surface area contributed by atoms with Crippen LogP contribution in [0, 0.1) is 5.92 Å². The summed E-state index contributed by atoms with van der Waals surface area (Å²) >= 11 is 0. The van der Waals surface area contributed by atoms with Crippen molar-refractivity contribution < 1.29 is 22.6 Å². The fourth-order valence-corrected chi connectivity index (χ4v) is 4.30. The summed E-state index contributed by atoms with van der Waals surface area (Å²) < 4.78 is 50.4. The van der Waals surface area contributed by atoms with Gasteiger partial charge in [0.1, 0.15) is 0 Å². The highest BCUT2D eigenvalue weighted by Gasteiger charge is 2.41. The molecule has 2 aliphatic rings. The lowest BCUT2D eigenvalue weighted by atomic mass is 9.85. The molecule has 9 heteroatoms. The van der Waals surface area contributed by atoms with E-state index in [1.807, 2.05) is 18.2 Å². The largest absolute Gasteiger partial charge is 0.493 e. The van der Waals surface area contributed by atoms with E-state index in [1.54, 1.807) is 14.2 Å².